The smallest absolute Gasteiger partial charge is 0.338 e. The van der Waals surface area contributed by atoms with Crippen molar-refractivity contribution in [2.75, 3.05) is 134 Å². The van der Waals surface area contributed by atoms with Crippen molar-refractivity contribution < 1.29 is 30.1 Å². The summed E-state index contributed by atoms with van der Waals surface area (Å²) in [5.74, 6) is 13.4. The number of nitrogens with zero attached hydrogens (tertiary/aromatic N) is 3. The number of carbonyl (C=O) groups is 3. The van der Waals surface area contributed by atoms with E-state index in [1.54, 1.807) is 6.08 Å². The third-order valence-corrected chi connectivity index (χ3v) is 15.3. The monoisotopic (exact) mass is 972 g/mol. The van der Waals surface area contributed by atoms with Crippen molar-refractivity contribution in [3.8, 4) is 0 Å². The quantitative estimate of drug-likeness (QED) is 0.0146. The highest BCUT2D eigenvalue weighted by atomic mass is 32.2. The van der Waals surface area contributed by atoms with Crippen LogP contribution < -0.4 is 49.7 Å². The Labute approximate surface area is 393 Å². The van der Waals surface area contributed by atoms with Gasteiger partial charge in [0.1, 0.15) is 0 Å². The minimum Gasteiger partial charge on any atom is -0.340 e. The molecule has 0 atom stereocenters. The van der Waals surface area contributed by atoms with Gasteiger partial charge in [-0.25, -0.2) is 0 Å². The molecule has 0 radical (unpaired) electrons. The molecule has 0 spiro atoms. The Morgan fingerprint density at radius 1 is 0.541 bits per heavy atom. The van der Waals surface area contributed by atoms with E-state index in [1.807, 2.05) is 85.3 Å². The maximum Gasteiger partial charge on any atom is 0.338 e. The van der Waals surface area contributed by atoms with Gasteiger partial charge in [-0.05, 0) is 103 Å². The number of guanidine groups is 2. The van der Waals surface area contributed by atoms with Gasteiger partial charge in [-0.2, -0.15) is 70.6 Å². The van der Waals surface area contributed by atoms with Gasteiger partial charge in [-0.1, -0.05) is 6.08 Å². The van der Waals surface area contributed by atoms with Crippen LogP contribution in [0, 0.1) is 0 Å². The molecule has 0 aliphatic rings. The first-order valence-corrected chi connectivity index (χ1v) is 28.5. The van der Waals surface area contributed by atoms with Crippen molar-refractivity contribution in [1.82, 2.24) is 20.0 Å². The first-order chi connectivity index (χ1) is 29.5. The number of nitrogens with one attached hydrogen (secondary N) is 3. The van der Waals surface area contributed by atoms with Gasteiger partial charge in [0.15, 0.2) is 5.82 Å². The van der Waals surface area contributed by atoms with Crippen LogP contribution in [0.2, 0.25) is 0 Å². The van der Waals surface area contributed by atoms with Gasteiger partial charge < -0.3 is 31.5 Å². The molecule has 61 heavy (non-hydrogen) atoms. The van der Waals surface area contributed by atoms with E-state index in [0.29, 0.717) is 77.4 Å². The molecule has 354 valence electrons. The molecule has 0 unspecified atom stereocenters. The molecule has 0 aliphatic carbocycles. The lowest BCUT2D eigenvalue weighted by Crippen LogP contribution is -2.79. The number of quaternary nitrogens is 1. The predicted molar refractivity (Wildman–Crippen MR) is 273 cm³/mol. The van der Waals surface area contributed by atoms with E-state index >= 15 is 0 Å². The lowest BCUT2D eigenvalue weighted by molar-refractivity contribution is -0.459. The van der Waals surface area contributed by atoms with Crippen molar-refractivity contribution in [3.05, 3.63) is 25.1 Å². The van der Waals surface area contributed by atoms with Crippen LogP contribution in [0.15, 0.2) is 25.1 Å². The van der Waals surface area contributed by atoms with Crippen molar-refractivity contribution in [1.29, 1.82) is 0 Å². The fourth-order valence-corrected chi connectivity index (χ4v) is 11.3. The first kappa shape index (κ1) is 59.2. The minimum atomic E-state index is 0.143. The van der Waals surface area contributed by atoms with Crippen LogP contribution in [-0.4, -0.2) is 179 Å². The first-order valence-electron chi connectivity index (χ1n) is 21.6. The van der Waals surface area contributed by atoms with Gasteiger partial charge in [0.25, 0.3) is 0 Å². The average Bonchev–Trinajstić information content (AvgIpc) is 3.22. The largest absolute Gasteiger partial charge is 0.340 e. The van der Waals surface area contributed by atoms with Crippen molar-refractivity contribution >= 4 is 100 Å². The normalized spacial score (nSPS) is 10.9. The molecule has 0 aromatic carbocycles. The third-order valence-electron chi connectivity index (χ3n) is 8.63. The molecule has 0 aromatic rings. The maximum absolute atomic E-state index is 13.2. The fourth-order valence-electron chi connectivity index (χ4n) is 5.49. The second kappa shape index (κ2) is 43.5. The Hall–Kier alpha value is -1.75. The summed E-state index contributed by atoms with van der Waals surface area (Å²) in [4.78, 5) is 50.3. The number of nitrogens with two attached hydrogens (primary N) is 5. The maximum atomic E-state index is 13.2. The zero-order valence-corrected chi connectivity index (χ0v) is 41.9. The van der Waals surface area contributed by atoms with E-state index in [9.17, 15) is 14.4 Å². The highest BCUT2D eigenvalue weighted by Gasteiger charge is 2.15. The molecule has 21 heteroatoms. The molecule has 0 aliphatic heterocycles. The number of carbonyl (C=O) groups excluding carboxylic acids is 3. The van der Waals surface area contributed by atoms with E-state index in [4.69, 9.17) is 28.7 Å². The molecule has 0 fully saturated rings. The zero-order valence-electron chi connectivity index (χ0n) is 37.0. The second-order valence-electron chi connectivity index (χ2n) is 14.0. The van der Waals surface area contributed by atoms with Crippen LogP contribution in [0.3, 0.4) is 0 Å². The van der Waals surface area contributed by atoms with Crippen LogP contribution in [0.5, 0.6) is 0 Å². The Morgan fingerprint density at radius 2 is 0.902 bits per heavy atom. The van der Waals surface area contributed by atoms with Crippen LogP contribution in [-0.2, 0) is 14.4 Å². The van der Waals surface area contributed by atoms with Gasteiger partial charge in [0, 0.05) is 69.2 Å². The SMILES string of the molecule is C=CCN(CCNC(=C)[NH3+])C(=O)CCSCCCSCCCN(CC[NH+]=C(N)N)C(=O)CCSCCCSCCCN(CC[NH+]=C(N)N)C(=O)CCSCCCSCCCN. The van der Waals surface area contributed by atoms with Crippen LogP contribution in [0.25, 0.3) is 0 Å². The predicted octanol–water partition coefficient (Wildman–Crippen LogP) is -1.46. The molecular weight excluding hydrogens is 889 g/mol. The summed E-state index contributed by atoms with van der Waals surface area (Å²) in [7, 11) is 0. The van der Waals surface area contributed by atoms with Crippen molar-refractivity contribution in [3.63, 3.8) is 0 Å². The molecule has 3 amide bonds. The van der Waals surface area contributed by atoms with Gasteiger partial charge in [-0.15, -0.1) is 6.58 Å². The highest BCUT2D eigenvalue weighted by Crippen LogP contribution is 2.15. The number of thioether (sulfide) groups is 6. The number of amides is 3. The van der Waals surface area contributed by atoms with Crippen molar-refractivity contribution in [2.45, 2.75) is 57.8 Å². The second-order valence-corrected chi connectivity index (χ2v) is 21.4. The zero-order chi connectivity index (χ0) is 45.2. The Morgan fingerprint density at radius 3 is 1.26 bits per heavy atom. The van der Waals surface area contributed by atoms with Gasteiger partial charge in [0.05, 0.1) is 26.2 Å². The van der Waals surface area contributed by atoms with E-state index in [0.717, 1.165) is 121 Å². The highest BCUT2D eigenvalue weighted by molar-refractivity contribution is 8.00. The van der Waals surface area contributed by atoms with Gasteiger partial charge in [-0.3, -0.25) is 47.3 Å². The third kappa shape index (κ3) is 39.6. The summed E-state index contributed by atoms with van der Waals surface area (Å²) < 4.78 is 0. The molecule has 15 nitrogen and oxygen atoms in total. The molecule has 0 saturated carbocycles. The Bertz CT molecular complexity index is 1220. The summed E-state index contributed by atoms with van der Waals surface area (Å²) >= 11 is 11.3. The van der Waals surface area contributed by atoms with Crippen LogP contribution >= 0.6 is 70.6 Å². The average molecular weight is 973 g/mol. The van der Waals surface area contributed by atoms with Gasteiger partial charge in [0.2, 0.25) is 17.7 Å². The minimum absolute atomic E-state index is 0.143. The lowest BCUT2D eigenvalue weighted by Gasteiger charge is -2.22. The van der Waals surface area contributed by atoms with E-state index < -0.39 is 0 Å². The molecule has 0 heterocycles. The molecule has 16 N–H and O–H groups in total. The van der Waals surface area contributed by atoms with E-state index in [-0.39, 0.29) is 29.6 Å². The van der Waals surface area contributed by atoms with Crippen molar-refractivity contribution in [2.24, 2.45) is 28.7 Å². The molecule has 0 rings (SSSR count). The van der Waals surface area contributed by atoms with E-state index in [2.05, 4.69) is 34.2 Å². The number of hydrogen-bond acceptors (Lipinski definition) is 11. The number of rotatable bonds is 44. The van der Waals surface area contributed by atoms with E-state index in [1.165, 1.54) is 0 Å². The Balaban J connectivity index is 4.29. The topological polar surface area (TPSA) is 259 Å². The summed E-state index contributed by atoms with van der Waals surface area (Å²) in [6, 6.07) is 0. The summed E-state index contributed by atoms with van der Waals surface area (Å²) in [6.45, 7) is 13.7. The molecule has 0 aromatic heterocycles. The summed E-state index contributed by atoms with van der Waals surface area (Å²) in [5.41, 5.74) is 31.6. The Kier molecular flexibility index (Phi) is 42.3. The molecule has 0 bridgehead atoms. The van der Waals surface area contributed by atoms with Crippen LogP contribution in [0.4, 0.5) is 0 Å². The van der Waals surface area contributed by atoms with Crippen LogP contribution in [0.1, 0.15) is 57.8 Å². The lowest BCUT2D eigenvalue weighted by atomic mass is 10.3. The summed E-state index contributed by atoms with van der Waals surface area (Å²) in [6.07, 6.45) is 9.60. The molecule has 0 saturated heterocycles. The standard InChI is InChI=1S/C40H80N12O3S6/c1-3-17-50(20-14-47-35(2)42)36(53)10-32-59-30-8-27-57-24-5-19-52(22-16-49-40(45)46)38(55)12-34-61-31-9-28-58-25-6-18-51(21-15-48-39(43)44)37(54)11-33-60-29-7-26-56-23-4-13-41/h3,47H,1-2,4-34,41-42H2,(H4,43,44,48)(H4,45,46,49)/p+3. The summed E-state index contributed by atoms with van der Waals surface area (Å²) in [5, 5.41) is 3.07. The fraction of sp³-hybridized carbons (Fsp3) is 0.775. The number of hydrogen-bond donors (Lipinski definition) is 9. The van der Waals surface area contributed by atoms with Gasteiger partial charge >= 0.3 is 11.9 Å². The molecular formula is C40H83N12O3S6+3.